The Bertz CT molecular complexity index is 923. The fraction of sp³-hybridized carbons (Fsp3) is 0.318. The highest BCUT2D eigenvalue weighted by Gasteiger charge is 2.52. The Morgan fingerprint density at radius 3 is 2.48 bits per heavy atom. The molecule has 2 fully saturated rings. The van der Waals surface area contributed by atoms with E-state index in [4.69, 9.17) is 4.74 Å². The van der Waals surface area contributed by atoms with Crippen molar-refractivity contribution < 1.29 is 19.1 Å². The van der Waals surface area contributed by atoms with Gasteiger partial charge in [0.05, 0.1) is 5.69 Å². The van der Waals surface area contributed by atoms with Crippen LogP contribution in [0, 0.1) is 0 Å². The van der Waals surface area contributed by atoms with Crippen molar-refractivity contribution in [1.29, 1.82) is 0 Å². The molecule has 4 rings (SSSR count). The van der Waals surface area contributed by atoms with E-state index >= 15 is 0 Å². The van der Waals surface area contributed by atoms with Crippen LogP contribution in [-0.4, -0.2) is 34.8 Å². The summed E-state index contributed by atoms with van der Waals surface area (Å²) in [6.07, 6.45) is 3.22. The number of nitrogens with zero attached hydrogens (tertiary/aromatic N) is 1. The second-order valence-corrected chi connectivity index (χ2v) is 7.39. The molecule has 0 bridgehead atoms. The first kappa shape index (κ1) is 19.0. The Labute approximate surface area is 169 Å². The summed E-state index contributed by atoms with van der Waals surface area (Å²) in [6.45, 7) is 0.0555. The number of anilines is 1. The Balaban J connectivity index is 1.37. The minimum absolute atomic E-state index is 0.0227. The zero-order valence-corrected chi connectivity index (χ0v) is 16.0. The van der Waals surface area contributed by atoms with Crippen LogP contribution in [0.15, 0.2) is 54.6 Å². The molecule has 0 aromatic heterocycles. The lowest BCUT2D eigenvalue weighted by Crippen LogP contribution is -2.44. The SMILES string of the molecule is O=C(CCN1C(=O)NC2(CCCC2)C1=O)Nc1ccccc1Oc1ccccc1. The molecular formula is C22H23N3O4. The minimum atomic E-state index is -0.746. The van der Waals surface area contributed by atoms with Gasteiger partial charge in [-0.25, -0.2) is 4.79 Å². The van der Waals surface area contributed by atoms with Gasteiger partial charge in [0.15, 0.2) is 5.75 Å². The molecule has 1 aliphatic heterocycles. The van der Waals surface area contributed by atoms with Gasteiger partial charge in [0, 0.05) is 13.0 Å². The standard InChI is InChI=1S/C22H23N3O4/c26-19(12-15-25-20(27)22(24-21(25)28)13-6-7-14-22)23-17-10-4-5-11-18(17)29-16-8-2-1-3-9-16/h1-5,8-11H,6-7,12-15H2,(H,23,26)(H,24,28). The van der Waals surface area contributed by atoms with Crippen LogP contribution in [0.1, 0.15) is 32.1 Å². The van der Waals surface area contributed by atoms with Crippen molar-refractivity contribution in [2.45, 2.75) is 37.6 Å². The maximum Gasteiger partial charge on any atom is 0.325 e. The highest BCUT2D eigenvalue weighted by Crippen LogP contribution is 2.35. The lowest BCUT2D eigenvalue weighted by atomic mass is 9.98. The van der Waals surface area contributed by atoms with Gasteiger partial charge < -0.3 is 15.4 Å². The average molecular weight is 393 g/mol. The number of ether oxygens (including phenoxy) is 1. The Hall–Kier alpha value is -3.35. The number of urea groups is 1. The zero-order chi connectivity index (χ0) is 20.3. The van der Waals surface area contributed by atoms with E-state index in [9.17, 15) is 14.4 Å². The van der Waals surface area contributed by atoms with Crippen molar-refractivity contribution in [3.8, 4) is 11.5 Å². The van der Waals surface area contributed by atoms with E-state index in [-0.39, 0.29) is 24.8 Å². The van der Waals surface area contributed by atoms with Crippen LogP contribution in [0.4, 0.5) is 10.5 Å². The molecule has 0 unspecified atom stereocenters. The molecule has 7 nitrogen and oxygen atoms in total. The number of amides is 4. The fourth-order valence-corrected chi connectivity index (χ4v) is 3.90. The van der Waals surface area contributed by atoms with E-state index < -0.39 is 11.6 Å². The van der Waals surface area contributed by atoms with Gasteiger partial charge in [0.2, 0.25) is 5.91 Å². The highest BCUT2D eigenvalue weighted by molar-refractivity contribution is 6.07. The third-order valence-electron chi connectivity index (χ3n) is 5.40. The number of carbonyl (C=O) groups excluding carboxylic acids is 3. The topological polar surface area (TPSA) is 87.7 Å². The van der Waals surface area contributed by atoms with Gasteiger partial charge in [-0.15, -0.1) is 0 Å². The quantitative estimate of drug-likeness (QED) is 0.733. The first-order valence-corrected chi connectivity index (χ1v) is 9.83. The predicted molar refractivity (Wildman–Crippen MR) is 108 cm³/mol. The number of carbonyl (C=O) groups is 3. The molecule has 7 heteroatoms. The van der Waals surface area contributed by atoms with Crippen molar-refractivity contribution in [2.75, 3.05) is 11.9 Å². The fourth-order valence-electron chi connectivity index (χ4n) is 3.90. The monoisotopic (exact) mass is 393 g/mol. The van der Waals surface area contributed by atoms with Crippen molar-refractivity contribution >= 4 is 23.5 Å². The molecule has 29 heavy (non-hydrogen) atoms. The third kappa shape index (κ3) is 3.94. The molecule has 0 atom stereocenters. The van der Waals surface area contributed by atoms with Crippen LogP contribution in [0.5, 0.6) is 11.5 Å². The summed E-state index contributed by atoms with van der Waals surface area (Å²) in [6, 6.07) is 16.0. The Morgan fingerprint density at radius 2 is 1.72 bits per heavy atom. The molecule has 1 saturated heterocycles. The van der Waals surface area contributed by atoms with E-state index in [1.807, 2.05) is 36.4 Å². The molecule has 2 aromatic rings. The molecule has 4 amide bonds. The summed E-state index contributed by atoms with van der Waals surface area (Å²) in [5, 5.41) is 5.64. The van der Waals surface area contributed by atoms with Crippen molar-refractivity contribution in [3.05, 3.63) is 54.6 Å². The number of benzene rings is 2. The van der Waals surface area contributed by atoms with E-state index in [1.165, 1.54) is 0 Å². The summed E-state index contributed by atoms with van der Waals surface area (Å²) in [7, 11) is 0. The number of imide groups is 1. The summed E-state index contributed by atoms with van der Waals surface area (Å²) in [4.78, 5) is 38.5. The number of para-hydroxylation sites is 3. The summed E-state index contributed by atoms with van der Waals surface area (Å²) >= 11 is 0. The van der Waals surface area contributed by atoms with Gasteiger partial charge >= 0.3 is 6.03 Å². The Morgan fingerprint density at radius 1 is 1.03 bits per heavy atom. The number of hydrogen-bond acceptors (Lipinski definition) is 4. The van der Waals surface area contributed by atoms with Gasteiger partial charge in [0.1, 0.15) is 11.3 Å². The third-order valence-corrected chi connectivity index (χ3v) is 5.40. The van der Waals surface area contributed by atoms with Crippen LogP contribution in [0.2, 0.25) is 0 Å². The second kappa shape index (κ2) is 7.95. The second-order valence-electron chi connectivity index (χ2n) is 7.39. The van der Waals surface area contributed by atoms with Crippen LogP contribution < -0.4 is 15.4 Å². The largest absolute Gasteiger partial charge is 0.455 e. The smallest absolute Gasteiger partial charge is 0.325 e. The molecule has 0 radical (unpaired) electrons. The summed E-state index contributed by atoms with van der Waals surface area (Å²) < 4.78 is 5.84. The lowest BCUT2D eigenvalue weighted by Gasteiger charge is -2.20. The van der Waals surface area contributed by atoms with Crippen molar-refractivity contribution in [1.82, 2.24) is 10.2 Å². The molecule has 1 aliphatic carbocycles. The van der Waals surface area contributed by atoms with Crippen LogP contribution in [0.25, 0.3) is 0 Å². The van der Waals surface area contributed by atoms with Gasteiger partial charge in [-0.2, -0.15) is 0 Å². The van der Waals surface area contributed by atoms with Gasteiger partial charge in [-0.1, -0.05) is 43.2 Å². The lowest BCUT2D eigenvalue weighted by molar-refractivity contribution is -0.131. The molecule has 1 saturated carbocycles. The molecule has 2 aromatic carbocycles. The number of rotatable bonds is 6. The van der Waals surface area contributed by atoms with E-state index in [0.29, 0.717) is 30.0 Å². The zero-order valence-electron chi connectivity index (χ0n) is 16.0. The molecule has 1 heterocycles. The van der Waals surface area contributed by atoms with Crippen LogP contribution in [-0.2, 0) is 9.59 Å². The highest BCUT2D eigenvalue weighted by atomic mass is 16.5. The van der Waals surface area contributed by atoms with Crippen LogP contribution in [0.3, 0.4) is 0 Å². The van der Waals surface area contributed by atoms with E-state index in [2.05, 4.69) is 10.6 Å². The number of nitrogens with one attached hydrogen (secondary N) is 2. The minimum Gasteiger partial charge on any atom is -0.455 e. The first-order chi connectivity index (χ1) is 14.1. The van der Waals surface area contributed by atoms with Gasteiger partial charge in [0.25, 0.3) is 5.91 Å². The van der Waals surface area contributed by atoms with Crippen LogP contribution >= 0.6 is 0 Å². The average Bonchev–Trinajstić information content (AvgIpc) is 3.28. The van der Waals surface area contributed by atoms with E-state index in [0.717, 1.165) is 17.7 Å². The first-order valence-electron chi connectivity index (χ1n) is 9.83. The van der Waals surface area contributed by atoms with Gasteiger partial charge in [-0.05, 0) is 37.1 Å². The molecule has 2 aliphatic rings. The maximum absolute atomic E-state index is 12.7. The normalized spacial score (nSPS) is 17.4. The maximum atomic E-state index is 12.7. The van der Waals surface area contributed by atoms with E-state index in [1.54, 1.807) is 18.2 Å². The predicted octanol–water partition coefficient (Wildman–Crippen LogP) is 3.67. The Kier molecular flexibility index (Phi) is 5.20. The molecule has 150 valence electrons. The number of hydrogen-bond donors (Lipinski definition) is 2. The summed E-state index contributed by atoms with van der Waals surface area (Å²) in [5.41, 5.74) is -0.213. The molecule has 1 spiro atoms. The summed E-state index contributed by atoms with van der Waals surface area (Å²) in [5.74, 6) is 0.685. The van der Waals surface area contributed by atoms with Crippen molar-refractivity contribution in [2.24, 2.45) is 0 Å². The molecule has 2 N–H and O–H groups in total. The van der Waals surface area contributed by atoms with Crippen molar-refractivity contribution in [3.63, 3.8) is 0 Å². The molecular weight excluding hydrogens is 370 g/mol. The van der Waals surface area contributed by atoms with Gasteiger partial charge in [-0.3, -0.25) is 14.5 Å².